The quantitative estimate of drug-likeness (QED) is 0.378. The highest BCUT2D eigenvalue weighted by molar-refractivity contribution is 8.26. The first kappa shape index (κ1) is 24.7. The number of thioether (sulfide) groups is 1. The summed E-state index contributed by atoms with van der Waals surface area (Å²) < 4.78 is 17.0. The number of carbonyl (C=O) groups is 1. The molecule has 0 aliphatic carbocycles. The maximum Gasteiger partial charge on any atom is 0.283 e. The molecule has 2 aliphatic heterocycles. The summed E-state index contributed by atoms with van der Waals surface area (Å²) in [5.74, 6) is 1.15. The van der Waals surface area contributed by atoms with Gasteiger partial charge in [0.25, 0.3) is 5.91 Å². The Kier molecular flexibility index (Phi) is 7.99. The van der Waals surface area contributed by atoms with Gasteiger partial charge < -0.3 is 14.2 Å². The number of hydrogen-bond donors (Lipinski definition) is 1. The predicted molar refractivity (Wildman–Crippen MR) is 139 cm³/mol. The summed E-state index contributed by atoms with van der Waals surface area (Å²) in [7, 11) is 0. The van der Waals surface area contributed by atoms with E-state index in [2.05, 4.69) is 23.9 Å². The number of nitrogens with zero attached hydrogens (tertiary/aromatic N) is 3. The molecule has 2 aromatic rings. The van der Waals surface area contributed by atoms with Crippen molar-refractivity contribution in [2.24, 2.45) is 10.1 Å². The number of nitrogens with one attached hydrogen (secondary N) is 1. The zero-order chi connectivity index (χ0) is 24.8. The summed E-state index contributed by atoms with van der Waals surface area (Å²) in [5.41, 5.74) is 3.43. The van der Waals surface area contributed by atoms with E-state index >= 15 is 0 Å². The summed E-state index contributed by atoms with van der Waals surface area (Å²) in [5, 5.41) is 15.4. The molecule has 0 fully saturated rings. The number of aryl methyl sites for hydroxylation is 2. The number of fused-ring (bicyclic) bond motifs is 1. The zero-order valence-electron chi connectivity index (χ0n) is 20.0. The number of ether oxygens (including phenoxy) is 3. The van der Waals surface area contributed by atoms with Crippen LogP contribution in [0, 0.1) is 19.3 Å². The Bertz CT molecular complexity index is 1200. The Morgan fingerprint density at radius 2 is 1.66 bits per heavy atom. The fourth-order valence-corrected chi connectivity index (χ4v) is 4.17. The summed E-state index contributed by atoms with van der Waals surface area (Å²) >= 11 is 1.33. The number of amidine groups is 2. The van der Waals surface area contributed by atoms with Gasteiger partial charge in [0.05, 0.1) is 18.8 Å². The van der Waals surface area contributed by atoms with Gasteiger partial charge in [0, 0.05) is 0 Å². The van der Waals surface area contributed by atoms with Crippen molar-refractivity contribution in [3.63, 3.8) is 0 Å². The van der Waals surface area contributed by atoms with Gasteiger partial charge in [-0.3, -0.25) is 10.2 Å². The molecule has 9 heteroatoms. The van der Waals surface area contributed by atoms with Crippen LogP contribution in [-0.4, -0.2) is 53.4 Å². The lowest BCUT2D eigenvalue weighted by Crippen LogP contribution is -2.35. The van der Waals surface area contributed by atoms with Crippen LogP contribution < -0.4 is 9.47 Å². The van der Waals surface area contributed by atoms with Crippen LogP contribution in [-0.2, 0) is 9.53 Å². The Hall–Kier alpha value is -3.43. The van der Waals surface area contributed by atoms with E-state index in [1.165, 1.54) is 27.9 Å². The van der Waals surface area contributed by atoms with Gasteiger partial charge in [-0.05, 0) is 79.1 Å². The Labute approximate surface area is 209 Å². The molecule has 0 bridgehead atoms. The van der Waals surface area contributed by atoms with E-state index in [0.29, 0.717) is 37.3 Å². The van der Waals surface area contributed by atoms with Gasteiger partial charge in [-0.25, -0.2) is 0 Å². The molecule has 0 saturated carbocycles. The molecule has 4 rings (SSSR count). The van der Waals surface area contributed by atoms with Gasteiger partial charge in [0.15, 0.2) is 5.84 Å². The molecule has 0 spiro atoms. The molecule has 1 amide bonds. The molecule has 0 unspecified atom stereocenters. The number of hydrazone groups is 1. The molecule has 0 saturated heterocycles. The molecule has 0 atom stereocenters. The van der Waals surface area contributed by atoms with Crippen LogP contribution in [0.4, 0.5) is 0 Å². The van der Waals surface area contributed by atoms with Crippen LogP contribution in [0.15, 0.2) is 58.1 Å². The van der Waals surface area contributed by atoms with Crippen molar-refractivity contribution >= 4 is 39.8 Å². The van der Waals surface area contributed by atoms with Gasteiger partial charge in [-0.15, -0.1) is 0 Å². The summed E-state index contributed by atoms with van der Waals surface area (Å²) in [6.45, 7) is 7.93. The number of amides is 1. The summed E-state index contributed by atoms with van der Waals surface area (Å²) in [4.78, 5) is 16.5. The Balaban J connectivity index is 1.21. The SMILES string of the molecule is CCC1=NN2C(=N)/C(=C/c3ccc(OCCOCCOc4ccc(C)c(C)c4)cc3)C(=O)N=C2S1. The fraction of sp³-hybridized carbons (Fsp3) is 0.308. The van der Waals surface area contributed by atoms with E-state index in [1.807, 2.05) is 49.4 Å². The lowest BCUT2D eigenvalue weighted by atomic mass is 10.1. The first-order chi connectivity index (χ1) is 16.9. The second-order valence-corrected chi connectivity index (χ2v) is 9.03. The first-order valence-electron chi connectivity index (χ1n) is 11.4. The Morgan fingerprint density at radius 3 is 2.34 bits per heavy atom. The van der Waals surface area contributed by atoms with Gasteiger partial charge in [0.2, 0.25) is 5.17 Å². The van der Waals surface area contributed by atoms with Gasteiger partial charge >= 0.3 is 0 Å². The van der Waals surface area contributed by atoms with Crippen molar-refractivity contribution < 1.29 is 19.0 Å². The maximum absolute atomic E-state index is 12.4. The molecular weight excluding hydrogens is 464 g/mol. The highest BCUT2D eigenvalue weighted by Gasteiger charge is 2.35. The minimum Gasteiger partial charge on any atom is -0.491 e. The van der Waals surface area contributed by atoms with Crippen LogP contribution in [0.25, 0.3) is 6.08 Å². The predicted octanol–water partition coefficient (Wildman–Crippen LogP) is 4.81. The normalized spacial score (nSPS) is 16.3. The highest BCUT2D eigenvalue weighted by atomic mass is 32.2. The molecule has 0 aromatic heterocycles. The van der Waals surface area contributed by atoms with Crippen molar-refractivity contribution in [1.29, 1.82) is 5.41 Å². The molecule has 182 valence electrons. The van der Waals surface area contributed by atoms with E-state index in [4.69, 9.17) is 19.6 Å². The van der Waals surface area contributed by atoms with Crippen LogP contribution in [0.2, 0.25) is 0 Å². The van der Waals surface area contributed by atoms with Crippen LogP contribution in [0.5, 0.6) is 11.5 Å². The standard InChI is InChI=1S/C26H28N4O4S/c1-4-23-29-30-24(27)22(25(31)28-26(30)35-23)16-19-6-9-20(10-7-19)33-13-11-32-12-14-34-21-8-5-17(2)18(3)15-21/h5-10,15-16,27H,4,11-14H2,1-3H3/b22-16-,27-24?. The van der Waals surface area contributed by atoms with Crippen LogP contribution in [0.3, 0.4) is 0 Å². The van der Waals surface area contributed by atoms with Crippen molar-refractivity contribution in [1.82, 2.24) is 5.01 Å². The van der Waals surface area contributed by atoms with Crippen molar-refractivity contribution in [3.8, 4) is 11.5 Å². The van der Waals surface area contributed by atoms with Crippen molar-refractivity contribution in [2.45, 2.75) is 27.2 Å². The van der Waals surface area contributed by atoms with Gasteiger partial charge in [-0.1, -0.05) is 25.1 Å². The van der Waals surface area contributed by atoms with Crippen molar-refractivity contribution in [2.75, 3.05) is 26.4 Å². The minimum absolute atomic E-state index is 0.0370. The summed E-state index contributed by atoms with van der Waals surface area (Å²) in [6, 6.07) is 13.3. The molecule has 35 heavy (non-hydrogen) atoms. The van der Waals surface area contributed by atoms with E-state index in [0.717, 1.165) is 22.8 Å². The van der Waals surface area contributed by atoms with Gasteiger partial charge in [-0.2, -0.15) is 15.1 Å². The van der Waals surface area contributed by atoms with E-state index in [-0.39, 0.29) is 11.4 Å². The zero-order valence-corrected chi connectivity index (χ0v) is 20.9. The molecule has 2 aliphatic rings. The number of hydrogen-bond acceptors (Lipinski definition) is 7. The summed E-state index contributed by atoms with van der Waals surface area (Å²) in [6.07, 6.45) is 2.38. The molecule has 2 heterocycles. The molecular formula is C26H28N4O4S. The lowest BCUT2D eigenvalue weighted by Gasteiger charge is -2.20. The van der Waals surface area contributed by atoms with Crippen LogP contribution >= 0.6 is 11.8 Å². The third-order valence-corrected chi connectivity index (χ3v) is 6.51. The van der Waals surface area contributed by atoms with Gasteiger partial charge in [0.1, 0.15) is 29.8 Å². The largest absolute Gasteiger partial charge is 0.491 e. The third kappa shape index (κ3) is 6.17. The Morgan fingerprint density at radius 1 is 0.971 bits per heavy atom. The van der Waals surface area contributed by atoms with E-state index in [1.54, 1.807) is 6.08 Å². The maximum atomic E-state index is 12.4. The average molecular weight is 493 g/mol. The van der Waals surface area contributed by atoms with E-state index < -0.39 is 5.91 Å². The third-order valence-electron chi connectivity index (χ3n) is 5.46. The second kappa shape index (κ2) is 11.3. The number of carbonyl (C=O) groups excluding carboxylic acids is 1. The average Bonchev–Trinajstić information content (AvgIpc) is 3.27. The molecule has 2 aromatic carbocycles. The first-order valence-corrected chi connectivity index (χ1v) is 12.3. The lowest BCUT2D eigenvalue weighted by molar-refractivity contribution is -0.114. The van der Waals surface area contributed by atoms with E-state index in [9.17, 15) is 4.79 Å². The fourth-order valence-electron chi connectivity index (χ4n) is 3.34. The molecule has 1 N–H and O–H groups in total. The number of rotatable bonds is 10. The van der Waals surface area contributed by atoms with Crippen LogP contribution in [0.1, 0.15) is 30.0 Å². The smallest absolute Gasteiger partial charge is 0.283 e. The second-order valence-electron chi connectivity index (χ2n) is 7.99. The highest BCUT2D eigenvalue weighted by Crippen LogP contribution is 2.29. The molecule has 0 radical (unpaired) electrons. The van der Waals surface area contributed by atoms with Crippen molar-refractivity contribution in [3.05, 3.63) is 64.7 Å². The number of aliphatic imine (C=N–C) groups is 1. The molecule has 8 nitrogen and oxygen atoms in total. The number of benzene rings is 2. The topological polar surface area (TPSA) is 96.6 Å². The monoisotopic (exact) mass is 492 g/mol. The minimum atomic E-state index is -0.430.